The van der Waals surface area contributed by atoms with Crippen molar-refractivity contribution >= 4 is 12.0 Å². The summed E-state index contributed by atoms with van der Waals surface area (Å²) in [4.78, 5) is 24.9. The van der Waals surface area contributed by atoms with Crippen molar-refractivity contribution in [1.29, 1.82) is 0 Å². The third-order valence-electron chi connectivity index (χ3n) is 3.83. The first-order valence-corrected chi connectivity index (χ1v) is 6.59. The van der Waals surface area contributed by atoms with Crippen LogP contribution in [-0.4, -0.2) is 41.6 Å². The van der Waals surface area contributed by atoms with E-state index in [0.717, 1.165) is 12.8 Å². The van der Waals surface area contributed by atoms with Gasteiger partial charge in [0, 0.05) is 26.1 Å². The summed E-state index contributed by atoms with van der Waals surface area (Å²) >= 11 is 0. The third-order valence-corrected chi connectivity index (χ3v) is 3.83. The number of carboxylic acid groups (broad SMARTS) is 1. The number of piperidine rings is 1. The number of carboxylic acids is 1. The molecule has 0 aromatic carbocycles. The van der Waals surface area contributed by atoms with Gasteiger partial charge in [-0.25, -0.2) is 4.79 Å². The molecule has 1 atom stereocenters. The number of nitrogens with zero attached hydrogens (tertiary/aromatic N) is 1. The molecule has 19 heavy (non-hydrogen) atoms. The minimum absolute atomic E-state index is 0.0165. The lowest BCUT2D eigenvalue weighted by atomic mass is 9.74. The standard InChI is InChI=1S/C14H22N2O3/c1-4-5-8-15-13(19)16-9-6-7-11(10-16)14(2,3)12(17)18/h1,11H,5-10H2,2-3H3,(H,15,19)(H,17,18). The van der Waals surface area contributed by atoms with Crippen molar-refractivity contribution in [3.63, 3.8) is 0 Å². The Bertz CT molecular complexity index is 385. The van der Waals surface area contributed by atoms with Crippen LogP contribution in [0.2, 0.25) is 0 Å². The Morgan fingerprint density at radius 3 is 2.79 bits per heavy atom. The maximum absolute atomic E-state index is 11.9. The molecule has 1 aliphatic heterocycles. The number of amides is 2. The Balaban J connectivity index is 2.57. The Labute approximate surface area is 114 Å². The zero-order chi connectivity index (χ0) is 14.5. The van der Waals surface area contributed by atoms with Gasteiger partial charge in [-0.3, -0.25) is 4.79 Å². The van der Waals surface area contributed by atoms with Crippen molar-refractivity contribution in [3.8, 4) is 12.3 Å². The van der Waals surface area contributed by atoms with Crippen molar-refractivity contribution < 1.29 is 14.7 Å². The lowest BCUT2D eigenvalue weighted by Gasteiger charge is -2.39. The van der Waals surface area contributed by atoms with Gasteiger partial charge in [0.25, 0.3) is 0 Å². The second kappa shape index (κ2) is 6.46. The van der Waals surface area contributed by atoms with E-state index in [0.29, 0.717) is 26.1 Å². The minimum Gasteiger partial charge on any atom is -0.481 e. The van der Waals surface area contributed by atoms with Gasteiger partial charge in [-0.05, 0) is 32.6 Å². The van der Waals surface area contributed by atoms with Gasteiger partial charge in [0.1, 0.15) is 0 Å². The first-order chi connectivity index (χ1) is 8.89. The predicted octanol–water partition coefficient (Wildman–Crippen LogP) is 1.54. The van der Waals surface area contributed by atoms with E-state index in [1.54, 1.807) is 18.7 Å². The molecule has 106 valence electrons. The Morgan fingerprint density at radius 2 is 2.21 bits per heavy atom. The molecule has 0 aliphatic carbocycles. The van der Waals surface area contributed by atoms with Gasteiger partial charge >= 0.3 is 12.0 Å². The van der Waals surface area contributed by atoms with Gasteiger partial charge in [-0.1, -0.05) is 0 Å². The third kappa shape index (κ3) is 3.88. The summed E-state index contributed by atoms with van der Waals surface area (Å²) in [5.74, 6) is 1.63. The Kier molecular flexibility index (Phi) is 5.22. The Morgan fingerprint density at radius 1 is 1.53 bits per heavy atom. The van der Waals surface area contributed by atoms with Crippen LogP contribution in [0.15, 0.2) is 0 Å². The van der Waals surface area contributed by atoms with Crippen molar-refractivity contribution in [2.75, 3.05) is 19.6 Å². The molecule has 1 rings (SSSR count). The molecule has 0 saturated carbocycles. The summed E-state index contributed by atoms with van der Waals surface area (Å²) in [5, 5.41) is 12.0. The number of aliphatic carboxylic acids is 1. The molecular weight excluding hydrogens is 244 g/mol. The van der Waals surface area contributed by atoms with Crippen molar-refractivity contribution in [3.05, 3.63) is 0 Å². The molecule has 0 bridgehead atoms. The van der Waals surface area contributed by atoms with Crippen LogP contribution >= 0.6 is 0 Å². The molecule has 1 unspecified atom stereocenters. The topological polar surface area (TPSA) is 69.6 Å². The smallest absolute Gasteiger partial charge is 0.317 e. The van der Waals surface area contributed by atoms with Crippen LogP contribution in [0.4, 0.5) is 4.79 Å². The number of rotatable bonds is 4. The van der Waals surface area contributed by atoms with E-state index in [1.165, 1.54) is 0 Å². The summed E-state index contributed by atoms with van der Waals surface area (Å²) < 4.78 is 0. The fourth-order valence-electron chi connectivity index (χ4n) is 2.28. The largest absolute Gasteiger partial charge is 0.481 e. The van der Waals surface area contributed by atoms with Gasteiger partial charge in [-0.15, -0.1) is 12.3 Å². The van der Waals surface area contributed by atoms with Crippen LogP contribution in [0.25, 0.3) is 0 Å². The highest BCUT2D eigenvalue weighted by molar-refractivity contribution is 5.76. The number of nitrogens with one attached hydrogen (secondary N) is 1. The number of carbonyl (C=O) groups excluding carboxylic acids is 1. The van der Waals surface area contributed by atoms with Gasteiger partial charge in [0.2, 0.25) is 0 Å². The molecule has 2 N–H and O–H groups in total. The SMILES string of the molecule is C#CCCNC(=O)N1CCCC(C(C)(C)C(=O)O)C1. The molecule has 0 spiro atoms. The van der Waals surface area contributed by atoms with Crippen LogP contribution in [0, 0.1) is 23.7 Å². The first kappa shape index (κ1) is 15.4. The highest BCUT2D eigenvalue weighted by Gasteiger charge is 2.39. The van der Waals surface area contributed by atoms with E-state index in [2.05, 4.69) is 11.2 Å². The van der Waals surface area contributed by atoms with Crippen LogP contribution < -0.4 is 5.32 Å². The first-order valence-electron chi connectivity index (χ1n) is 6.59. The number of carbonyl (C=O) groups is 2. The van der Waals surface area contributed by atoms with Gasteiger partial charge in [0.15, 0.2) is 0 Å². The zero-order valence-corrected chi connectivity index (χ0v) is 11.6. The van der Waals surface area contributed by atoms with Crippen molar-refractivity contribution in [1.82, 2.24) is 10.2 Å². The molecule has 1 aliphatic rings. The van der Waals surface area contributed by atoms with Crippen LogP contribution in [0.5, 0.6) is 0 Å². The number of urea groups is 1. The number of terminal acetylenes is 1. The minimum atomic E-state index is -0.813. The molecule has 1 heterocycles. The molecule has 0 radical (unpaired) electrons. The van der Waals surface area contributed by atoms with Crippen LogP contribution in [0.3, 0.4) is 0 Å². The summed E-state index contributed by atoms with van der Waals surface area (Å²) in [6.45, 7) is 5.06. The summed E-state index contributed by atoms with van der Waals surface area (Å²) in [5.41, 5.74) is -0.808. The molecule has 1 fully saturated rings. The molecule has 2 amide bonds. The van der Waals surface area contributed by atoms with Crippen LogP contribution in [0.1, 0.15) is 33.1 Å². The number of likely N-dealkylation sites (tertiary alicyclic amines) is 1. The fourth-order valence-corrected chi connectivity index (χ4v) is 2.28. The highest BCUT2D eigenvalue weighted by Crippen LogP contribution is 2.34. The monoisotopic (exact) mass is 266 g/mol. The van der Waals surface area contributed by atoms with E-state index in [9.17, 15) is 14.7 Å². The number of hydrogen-bond acceptors (Lipinski definition) is 2. The predicted molar refractivity (Wildman–Crippen MR) is 72.6 cm³/mol. The van der Waals surface area contributed by atoms with Crippen molar-refractivity contribution in [2.45, 2.75) is 33.1 Å². The summed E-state index contributed by atoms with van der Waals surface area (Å²) in [6, 6.07) is -0.152. The average molecular weight is 266 g/mol. The summed E-state index contributed by atoms with van der Waals surface area (Å²) in [7, 11) is 0. The summed E-state index contributed by atoms with van der Waals surface area (Å²) in [6.07, 6.45) is 7.31. The van der Waals surface area contributed by atoms with Crippen LogP contribution in [-0.2, 0) is 4.79 Å². The molecule has 5 nitrogen and oxygen atoms in total. The number of hydrogen-bond donors (Lipinski definition) is 2. The lowest BCUT2D eigenvalue weighted by Crippen LogP contribution is -2.50. The van der Waals surface area contributed by atoms with E-state index in [-0.39, 0.29) is 11.9 Å². The van der Waals surface area contributed by atoms with Crippen molar-refractivity contribution in [2.24, 2.45) is 11.3 Å². The Hall–Kier alpha value is -1.70. The molecule has 5 heteroatoms. The van der Waals surface area contributed by atoms with E-state index < -0.39 is 11.4 Å². The van der Waals surface area contributed by atoms with E-state index >= 15 is 0 Å². The van der Waals surface area contributed by atoms with Gasteiger partial charge in [0.05, 0.1) is 5.41 Å². The maximum atomic E-state index is 11.9. The lowest BCUT2D eigenvalue weighted by molar-refractivity contribution is -0.151. The fraction of sp³-hybridized carbons (Fsp3) is 0.714. The van der Waals surface area contributed by atoms with E-state index in [4.69, 9.17) is 6.42 Å². The van der Waals surface area contributed by atoms with Gasteiger partial charge < -0.3 is 15.3 Å². The molecule has 1 saturated heterocycles. The molecule has 0 aromatic rings. The van der Waals surface area contributed by atoms with Gasteiger partial charge in [-0.2, -0.15) is 0 Å². The normalized spacial score (nSPS) is 19.6. The van der Waals surface area contributed by atoms with E-state index in [1.807, 2.05) is 0 Å². The molecular formula is C14H22N2O3. The molecule has 0 aromatic heterocycles. The highest BCUT2D eigenvalue weighted by atomic mass is 16.4. The zero-order valence-electron chi connectivity index (χ0n) is 11.6. The average Bonchev–Trinajstić information content (AvgIpc) is 2.39. The second-order valence-electron chi connectivity index (χ2n) is 5.50. The maximum Gasteiger partial charge on any atom is 0.317 e. The quantitative estimate of drug-likeness (QED) is 0.599. The second-order valence-corrected chi connectivity index (χ2v) is 5.50.